The molecule has 2 fully saturated rings. The van der Waals surface area contributed by atoms with Crippen molar-refractivity contribution in [1.29, 1.82) is 0 Å². The third kappa shape index (κ3) is 3.62. The molecule has 5 heterocycles. The summed E-state index contributed by atoms with van der Waals surface area (Å²) in [5.41, 5.74) is 4.27. The molecule has 4 aromatic heterocycles. The Kier molecular flexibility index (Phi) is 4.98. The number of pyridine rings is 1. The fourth-order valence-corrected chi connectivity index (χ4v) is 4.83. The third-order valence-electron chi connectivity index (χ3n) is 6.68. The number of likely N-dealkylation sites (tertiary alicyclic amines) is 1. The molecule has 9 heteroatoms. The van der Waals surface area contributed by atoms with Crippen molar-refractivity contribution in [3.8, 4) is 11.1 Å². The van der Waals surface area contributed by atoms with Crippen molar-refractivity contribution in [3.63, 3.8) is 0 Å². The summed E-state index contributed by atoms with van der Waals surface area (Å²) in [5, 5.41) is 8.04. The number of anilines is 1. The van der Waals surface area contributed by atoms with Crippen LogP contribution < -0.4 is 5.32 Å². The molecule has 1 aliphatic heterocycles. The van der Waals surface area contributed by atoms with Gasteiger partial charge in [-0.15, -0.1) is 5.10 Å². The second-order valence-corrected chi connectivity index (χ2v) is 8.82. The Morgan fingerprint density at radius 2 is 2.00 bits per heavy atom. The van der Waals surface area contributed by atoms with Gasteiger partial charge in [0.25, 0.3) is 5.91 Å². The van der Waals surface area contributed by atoms with E-state index in [1.807, 2.05) is 57.5 Å². The average Bonchev–Trinajstić information content (AvgIpc) is 3.56. The summed E-state index contributed by atoms with van der Waals surface area (Å²) in [7, 11) is 0. The van der Waals surface area contributed by atoms with Gasteiger partial charge in [0, 0.05) is 49.3 Å². The monoisotopic (exact) mass is 445 g/mol. The molecule has 1 aliphatic carbocycles. The number of imidazole rings is 1. The van der Waals surface area contributed by atoms with Crippen LogP contribution >= 0.6 is 0 Å². The lowest BCUT2D eigenvalue weighted by molar-refractivity contribution is 0.00283. The Balaban J connectivity index is 1.27. The topological polar surface area (TPSA) is 89.1 Å². The number of nitrogens with one attached hydrogen (secondary N) is 1. The van der Waals surface area contributed by atoms with Crippen LogP contribution in [0.5, 0.6) is 0 Å². The first-order valence-electron chi connectivity index (χ1n) is 11.7. The molecule has 4 aromatic rings. The Morgan fingerprint density at radius 1 is 1.15 bits per heavy atom. The van der Waals surface area contributed by atoms with Crippen LogP contribution in [0.4, 0.5) is 5.95 Å². The zero-order valence-corrected chi connectivity index (χ0v) is 18.6. The van der Waals surface area contributed by atoms with Crippen molar-refractivity contribution in [1.82, 2.24) is 28.9 Å². The van der Waals surface area contributed by atoms with E-state index in [-0.39, 0.29) is 5.91 Å². The quantitative estimate of drug-likeness (QED) is 0.490. The second-order valence-electron chi connectivity index (χ2n) is 8.82. The third-order valence-corrected chi connectivity index (χ3v) is 6.68. The summed E-state index contributed by atoms with van der Waals surface area (Å²) in [6.07, 6.45) is 11.9. The van der Waals surface area contributed by atoms with Crippen molar-refractivity contribution in [2.45, 2.75) is 44.8 Å². The van der Waals surface area contributed by atoms with Crippen LogP contribution in [0, 0.1) is 0 Å². The van der Waals surface area contributed by atoms with E-state index < -0.39 is 0 Å². The highest BCUT2D eigenvalue weighted by Crippen LogP contribution is 2.28. The van der Waals surface area contributed by atoms with Gasteiger partial charge in [-0.3, -0.25) is 9.20 Å². The van der Waals surface area contributed by atoms with E-state index in [0.717, 1.165) is 67.7 Å². The van der Waals surface area contributed by atoms with Crippen LogP contribution in [0.3, 0.4) is 0 Å². The number of amides is 1. The van der Waals surface area contributed by atoms with Crippen LogP contribution in [-0.2, 0) is 4.74 Å². The smallest absolute Gasteiger partial charge is 0.272 e. The molecule has 0 aromatic carbocycles. The van der Waals surface area contributed by atoms with E-state index in [2.05, 4.69) is 20.4 Å². The maximum absolute atomic E-state index is 13.0. The number of rotatable bonds is 6. The van der Waals surface area contributed by atoms with Gasteiger partial charge in [0.2, 0.25) is 5.95 Å². The lowest BCUT2D eigenvalue weighted by Crippen LogP contribution is -2.41. The number of carbonyl (C=O) groups is 1. The first-order valence-corrected chi connectivity index (χ1v) is 11.7. The normalized spacial score (nSPS) is 20.5. The molecular weight excluding hydrogens is 418 g/mol. The minimum atomic E-state index is 0.0421. The Morgan fingerprint density at radius 3 is 2.82 bits per heavy atom. The molecule has 0 atom stereocenters. The van der Waals surface area contributed by atoms with Gasteiger partial charge in [-0.05, 0) is 50.8 Å². The van der Waals surface area contributed by atoms with Gasteiger partial charge in [-0.25, -0.2) is 14.5 Å². The van der Waals surface area contributed by atoms with Gasteiger partial charge in [-0.1, -0.05) is 0 Å². The Bertz CT molecular complexity index is 1320. The molecule has 0 unspecified atom stereocenters. The molecule has 33 heavy (non-hydrogen) atoms. The van der Waals surface area contributed by atoms with Crippen molar-refractivity contribution < 1.29 is 9.53 Å². The van der Waals surface area contributed by atoms with E-state index in [1.54, 1.807) is 6.20 Å². The van der Waals surface area contributed by atoms with Crippen molar-refractivity contribution >= 4 is 23.0 Å². The SMILES string of the molecule is CCOC1CC(Nc2ncc3c(-c4ccc5ncc(C(=O)N6CCCC6)n5c4)ccn3n2)C1. The fraction of sp³-hybridized carbons (Fsp3) is 0.417. The zero-order valence-electron chi connectivity index (χ0n) is 18.6. The maximum atomic E-state index is 13.0. The molecule has 0 radical (unpaired) electrons. The van der Waals surface area contributed by atoms with Gasteiger partial charge < -0.3 is 15.0 Å². The molecular formula is C24H27N7O2. The Hall–Kier alpha value is -3.46. The van der Waals surface area contributed by atoms with Crippen molar-refractivity contribution in [2.24, 2.45) is 0 Å². The van der Waals surface area contributed by atoms with Crippen LogP contribution in [0.1, 0.15) is 43.1 Å². The minimum Gasteiger partial charge on any atom is -0.378 e. The molecule has 9 nitrogen and oxygen atoms in total. The molecule has 0 bridgehead atoms. The van der Waals surface area contributed by atoms with Crippen molar-refractivity contribution in [3.05, 3.63) is 48.7 Å². The standard InChI is InChI=1S/C24H27N7O2/c1-2-33-18-11-17(12-18)27-24-26-13-20-19(7-10-31(20)28-24)16-5-6-22-25-14-21(30(22)15-16)23(32)29-8-3-4-9-29/h5-7,10,13-15,17-18H,2-4,8-9,11-12H2,1H3,(H,27,28). The number of hydrogen-bond donors (Lipinski definition) is 1. The average molecular weight is 446 g/mol. The number of ether oxygens (including phenoxy) is 1. The summed E-state index contributed by atoms with van der Waals surface area (Å²) in [6.45, 7) is 4.41. The molecule has 1 N–H and O–H groups in total. The van der Waals surface area contributed by atoms with E-state index >= 15 is 0 Å². The summed E-state index contributed by atoms with van der Waals surface area (Å²) in [6, 6.07) is 6.35. The zero-order chi connectivity index (χ0) is 22.4. The van der Waals surface area contributed by atoms with Gasteiger partial charge >= 0.3 is 0 Å². The highest BCUT2D eigenvalue weighted by molar-refractivity contribution is 5.93. The lowest BCUT2D eigenvalue weighted by Gasteiger charge is -2.35. The number of aromatic nitrogens is 5. The van der Waals surface area contributed by atoms with E-state index in [9.17, 15) is 4.79 Å². The molecule has 1 saturated heterocycles. The van der Waals surface area contributed by atoms with Crippen LogP contribution in [0.25, 0.3) is 22.3 Å². The molecule has 2 aliphatic rings. The molecule has 1 amide bonds. The Labute approximate surface area is 191 Å². The highest BCUT2D eigenvalue weighted by Gasteiger charge is 2.30. The van der Waals surface area contributed by atoms with Crippen LogP contribution in [0.15, 0.2) is 43.0 Å². The number of fused-ring (bicyclic) bond motifs is 2. The number of hydrogen-bond acceptors (Lipinski definition) is 6. The summed E-state index contributed by atoms with van der Waals surface area (Å²) in [5.74, 6) is 0.661. The van der Waals surface area contributed by atoms with E-state index in [4.69, 9.17) is 4.74 Å². The predicted molar refractivity (Wildman–Crippen MR) is 124 cm³/mol. The van der Waals surface area contributed by atoms with Crippen LogP contribution in [-0.4, -0.2) is 66.6 Å². The van der Waals surface area contributed by atoms with Crippen molar-refractivity contribution in [2.75, 3.05) is 25.0 Å². The highest BCUT2D eigenvalue weighted by atomic mass is 16.5. The van der Waals surface area contributed by atoms with Crippen LogP contribution in [0.2, 0.25) is 0 Å². The minimum absolute atomic E-state index is 0.0421. The first kappa shape index (κ1) is 20.2. The van der Waals surface area contributed by atoms with Gasteiger partial charge in [0.05, 0.1) is 24.0 Å². The van der Waals surface area contributed by atoms with E-state index in [0.29, 0.717) is 23.8 Å². The van der Waals surface area contributed by atoms with Gasteiger partial charge in [0.15, 0.2) is 0 Å². The molecule has 6 rings (SSSR count). The summed E-state index contributed by atoms with van der Waals surface area (Å²) >= 11 is 0. The summed E-state index contributed by atoms with van der Waals surface area (Å²) in [4.78, 5) is 23.9. The molecule has 1 saturated carbocycles. The van der Waals surface area contributed by atoms with Gasteiger partial charge in [-0.2, -0.15) is 0 Å². The fourth-order valence-electron chi connectivity index (χ4n) is 4.83. The van der Waals surface area contributed by atoms with Gasteiger partial charge in [0.1, 0.15) is 11.3 Å². The molecule has 170 valence electrons. The van der Waals surface area contributed by atoms with E-state index in [1.165, 1.54) is 0 Å². The largest absolute Gasteiger partial charge is 0.378 e. The number of nitrogens with zero attached hydrogens (tertiary/aromatic N) is 6. The second kappa shape index (κ2) is 8.15. The summed E-state index contributed by atoms with van der Waals surface area (Å²) < 4.78 is 9.36. The first-order chi connectivity index (χ1) is 16.2. The molecule has 0 spiro atoms. The maximum Gasteiger partial charge on any atom is 0.272 e. The number of carbonyl (C=O) groups excluding carboxylic acids is 1. The lowest BCUT2D eigenvalue weighted by atomic mass is 9.89. The predicted octanol–water partition coefficient (Wildman–Crippen LogP) is 3.26.